The van der Waals surface area contributed by atoms with Gasteiger partial charge >= 0.3 is 5.97 Å². The fraction of sp³-hybridized carbons (Fsp3) is 0.304. The van der Waals surface area contributed by atoms with Gasteiger partial charge in [0.15, 0.2) is 0 Å². The Balaban J connectivity index is 1.72. The molecular weight excluding hydrogens is 370 g/mol. The van der Waals surface area contributed by atoms with Crippen LogP contribution < -0.4 is 5.32 Å². The molecule has 1 aliphatic carbocycles. The minimum atomic E-state index is -0.345. The van der Waals surface area contributed by atoms with E-state index in [4.69, 9.17) is 4.74 Å². The van der Waals surface area contributed by atoms with Crippen molar-refractivity contribution >= 4 is 39.0 Å². The lowest BCUT2D eigenvalue weighted by Crippen LogP contribution is -2.17. The van der Waals surface area contributed by atoms with Crippen molar-refractivity contribution < 1.29 is 14.3 Å². The van der Waals surface area contributed by atoms with Gasteiger partial charge in [-0.3, -0.25) is 4.79 Å². The number of fused-ring (bicyclic) bond motifs is 2. The lowest BCUT2D eigenvalue weighted by molar-refractivity contribution is 0.0526. The van der Waals surface area contributed by atoms with Gasteiger partial charge in [-0.15, -0.1) is 11.3 Å². The Morgan fingerprint density at radius 3 is 2.79 bits per heavy atom. The summed E-state index contributed by atoms with van der Waals surface area (Å²) in [5.41, 5.74) is 2.20. The van der Waals surface area contributed by atoms with E-state index in [1.807, 2.05) is 42.5 Å². The van der Waals surface area contributed by atoms with E-state index in [1.165, 1.54) is 16.2 Å². The lowest BCUT2D eigenvalue weighted by atomic mass is 9.88. The number of amides is 1. The Morgan fingerprint density at radius 1 is 1.18 bits per heavy atom. The summed E-state index contributed by atoms with van der Waals surface area (Å²) in [6.07, 6.45) is 2.84. The van der Waals surface area contributed by atoms with E-state index in [2.05, 4.69) is 12.2 Å². The van der Waals surface area contributed by atoms with Crippen molar-refractivity contribution in [3.8, 4) is 0 Å². The Morgan fingerprint density at radius 2 is 1.96 bits per heavy atom. The summed E-state index contributed by atoms with van der Waals surface area (Å²) in [6, 6.07) is 13.5. The fourth-order valence-electron chi connectivity index (χ4n) is 3.85. The Kier molecular flexibility index (Phi) is 5.18. The molecule has 0 bridgehead atoms. The second-order valence-electron chi connectivity index (χ2n) is 7.26. The first-order chi connectivity index (χ1) is 13.6. The van der Waals surface area contributed by atoms with Gasteiger partial charge in [-0.25, -0.2) is 4.79 Å². The number of esters is 1. The Hall–Kier alpha value is -2.66. The molecular formula is C23H23NO3S. The third-order valence-corrected chi connectivity index (χ3v) is 6.42. The molecule has 0 fully saturated rings. The maximum atomic E-state index is 13.1. The van der Waals surface area contributed by atoms with Crippen LogP contribution in [0.5, 0.6) is 0 Å². The number of rotatable bonds is 4. The van der Waals surface area contributed by atoms with Gasteiger partial charge in [0.1, 0.15) is 5.00 Å². The molecule has 4 nitrogen and oxygen atoms in total. The zero-order valence-electron chi connectivity index (χ0n) is 16.1. The number of benzene rings is 2. The van der Waals surface area contributed by atoms with E-state index in [0.29, 0.717) is 28.7 Å². The van der Waals surface area contributed by atoms with Gasteiger partial charge in [-0.1, -0.05) is 43.3 Å². The first-order valence-corrected chi connectivity index (χ1v) is 10.5. The zero-order chi connectivity index (χ0) is 19.7. The second-order valence-corrected chi connectivity index (χ2v) is 8.36. The lowest BCUT2D eigenvalue weighted by Gasteiger charge is -2.18. The molecule has 0 unspecified atom stereocenters. The van der Waals surface area contributed by atoms with Crippen molar-refractivity contribution in [1.29, 1.82) is 0 Å². The van der Waals surface area contributed by atoms with E-state index >= 15 is 0 Å². The van der Waals surface area contributed by atoms with Crippen molar-refractivity contribution in [2.45, 2.75) is 33.1 Å². The predicted octanol–water partition coefficient (Wildman–Crippen LogP) is 5.46. The molecule has 0 saturated heterocycles. The van der Waals surface area contributed by atoms with E-state index in [1.54, 1.807) is 6.92 Å². The van der Waals surface area contributed by atoms with Crippen LogP contribution in [0.1, 0.15) is 51.4 Å². The summed E-state index contributed by atoms with van der Waals surface area (Å²) in [5.74, 6) is 0.0413. The SMILES string of the molecule is CCOC(=O)c1c(NC(=O)c2cccc3ccccc23)sc2c1CC[C@@H](C)C2. The molecule has 5 heteroatoms. The van der Waals surface area contributed by atoms with E-state index in [9.17, 15) is 9.59 Å². The van der Waals surface area contributed by atoms with Crippen LogP contribution in [-0.4, -0.2) is 18.5 Å². The molecule has 28 heavy (non-hydrogen) atoms. The van der Waals surface area contributed by atoms with Crippen molar-refractivity contribution in [2.75, 3.05) is 11.9 Å². The Bertz CT molecular complexity index is 1050. The number of nitrogens with one attached hydrogen (secondary N) is 1. The van der Waals surface area contributed by atoms with E-state index < -0.39 is 0 Å². The predicted molar refractivity (Wildman–Crippen MR) is 113 cm³/mol. The van der Waals surface area contributed by atoms with Crippen LogP contribution in [0.3, 0.4) is 0 Å². The molecule has 0 saturated carbocycles. The number of thiophene rings is 1. The fourth-order valence-corrected chi connectivity index (χ4v) is 5.25. The standard InChI is InChI=1S/C23H23NO3S/c1-3-27-23(26)20-18-12-11-14(2)13-19(18)28-22(20)24-21(25)17-10-6-8-15-7-4-5-9-16(15)17/h4-10,14H,3,11-13H2,1-2H3,(H,24,25)/t14-/m1/s1. The first kappa shape index (κ1) is 18.7. The normalized spacial score (nSPS) is 15.9. The highest BCUT2D eigenvalue weighted by Gasteiger charge is 2.29. The first-order valence-electron chi connectivity index (χ1n) is 9.69. The summed E-state index contributed by atoms with van der Waals surface area (Å²) in [7, 11) is 0. The van der Waals surface area contributed by atoms with Gasteiger partial charge < -0.3 is 10.1 Å². The largest absolute Gasteiger partial charge is 0.462 e. The summed E-state index contributed by atoms with van der Waals surface area (Å²) < 4.78 is 5.29. The number of anilines is 1. The Labute approximate surface area is 168 Å². The van der Waals surface area contributed by atoms with Crippen LogP contribution in [0, 0.1) is 5.92 Å². The molecule has 1 aliphatic rings. The summed E-state index contributed by atoms with van der Waals surface area (Å²) in [6.45, 7) is 4.34. The number of carbonyl (C=O) groups is 2. The van der Waals surface area contributed by atoms with Gasteiger partial charge in [0.2, 0.25) is 0 Å². The second kappa shape index (κ2) is 7.76. The van der Waals surface area contributed by atoms with Crippen LogP contribution in [0.4, 0.5) is 5.00 Å². The molecule has 1 atom stereocenters. The number of carbonyl (C=O) groups excluding carboxylic acids is 2. The minimum absolute atomic E-state index is 0.200. The number of ether oxygens (including phenoxy) is 1. The molecule has 4 rings (SSSR count). The monoisotopic (exact) mass is 393 g/mol. The van der Waals surface area contributed by atoms with E-state index in [-0.39, 0.29) is 11.9 Å². The quantitative estimate of drug-likeness (QED) is 0.599. The maximum absolute atomic E-state index is 13.1. The van der Waals surface area contributed by atoms with Crippen LogP contribution in [-0.2, 0) is 17.6 Å². The molecule has 1 N–H and O–H groups in total. The van der Waals surface area contributed by atoms with Gasteiger partial charge in [0, 0.05) is 10.4 Å². The van der Waals surface area contributed by atoms with Crippen molar-refractivity contribution in [2.24, 2.45) is 5.92 Å². The molecule has 1 heterocycles. The third-order valence-electron chi connectivity index (χ3n) is 5.25. The third kappa shape index (κ3) is 3.42. The average molecular weight is 394 g/mol. The maximum Gasteiger partial charge on any atom is 0.341 e. The average Bonchev–Trinajstić information content (AvgIpc) is 3.04. The molecule has 3 aromatic rings. The smallest absolute Gasteiger partial charge is 0.341 e. The minimum Gasteiger partial charge on any atom is -0.462 e. The molecule has 0 radical (unpaired) electrons. The highest BCUT2D eigenvalue weighted by atomic mass is 32.1. The molecule has 1 amide bonds. The van der Waals surface area contributed by atoms with Crippen molar-refractivity contribution in [1.82, 2.24) is 0 Å². The van der Waals surface area contributed by atoms with Crippen molar-refractivity contribution in [3.05, 3.63) is 64.0 Å². The number of hydrogen-bond donors (Lipinski definition) is 1. The molecule has 2 aromatic carbocycles. The number of hydrogen-bond acceptors (Lipinski definition) is 4. The van der Waals surface area contributed by atoms with Gasteiger partial charge in [0.05, 0.1) is 12.2 Å². The van der Waals surface area contributed by atoms with Crippen LogP contribution in [0.2, 0.25) is 0 Å². The molecule has 144 valence electrons. The van der Waals surface area contributed by atoms with Gasteiger partial charge in [-0.05, 0) is 54.5 Å². The van der Waals surface area contributed by atoms with Crippen LogP contribution in [0.15, 0.2) is 42.5 Å². The van der Waals surface area contributed by atoms with Crippen LogP contribution in [0.25, 0.3) is 10.8 Å². The van der Waals surface area contributed by atoms with E-state index in [0.717, 1.165) is 35.6 Å². The summed E-state index contributed by atoms with van der Waals surface area (Å²) >= 11 is 1.52. The highest BCUT2D eigenvalue weighted by Crippen LogP contribution is 2.40. The summed E-state index contributed by atoms with van der Waals surface area (Å²) in [5, 5.41) is 5.53. The topological polar surface area (TPSA) is 55.4 Å². The summed E-state index contributed by atoms with van der Waals surface area (Å²) in [4.78, 5) is 26.9. The molecule has 0 aliphatic heterocycles. The molecule has 0 spiro atoms. The van der Waals surface area contributed by atoms with Crippen molar-refractivity contribution in [3.63, 3.8) is 0 Å². The zero-order valence-corrected chi connectivity index (χ0v) is 16.9. The van der Waals surface area contributed by atoms with Gasteiger partial charge in [0.25, 0.3) is 5.91 Å². The molecule has 1 aromatic heterocycles. The van der Waals surface area contributed by atoms with Crippen LogP contribution >= 0.6 is 11.3 Å². The highest BCUT2D eigenvalue weighted by molar-refractivity contribution is 7.17. The van der Waals surface area contributed by atoms with Gasteiger partial charge in [-0.2, -0.15) is 0 Å².